The molecule has 0 atom stereocenters. The predicted molar refractivity (Wildman–Crippen MR) is 76.9 cm³/mol. The van der Waals surface area contributed by atoms with Crippen molar-refractivity contribution in [3.05, 3.63) is 64.2 Å². The van der Waals surface area contributed by atoms with Crippen LogP contribution in [0.4, 0.5) is 5.69 Å². The number of halogens is 1. The second kappa shape index (κ2) is 5.76. The Balaban J connectivity index is 2.10. The summed E-state index contributed by atoms with van der Waals surface area (Å²) in [6.45, 7) is 2.53. The Morgan fingerprint density at radius 3 is 2.68 bits per heavy atom. The number of rotatable bonds is 4. The zero-order valence-corrected chi connectivity index (χ0v) is 11.2. The van der Waals surface area contributed by atoms with Crippen molar-refractivity contribution in [1.29, 1.82) is 0 Å². The quantitative estimate of drug-likeness (QED) is 0.888. The van der Waals surface area contributed by atoms with Crippen LogP contribution in [0.25, 0.3) is 0 Å². The van der Waals surface area contributed by atoms with Gasteiger partial charge >= 0.3 is 5.97 Å². The smallest absolute Gasteiger partial charge is 0.335 e. The Labute approximate surface area is 116 Å². The lowest BCUT2D eigenvalue weighted by Gasteiger charge is -2.10. The summed E-state index contributed by atoms with van der Waals surface area (Å²) in [5.74, 6) is -0.913. The van der Waals surface area contributed by atoms with E-state index in [1.54, 1.807) is 18.2 Å². The van der Waals surface area contributed by atoms with Crippen LogP contribution in [0, 0.1) is 6.92 Å². The van der Waals surface area contributed by atoms with E-state index in [0.717, 1.165) is 16.8 Å². The Morgan fingerprint density at radius 1 is 1.26 bits per heavy atom. The van der Waals surface area contributed by atoms with Crippen LogP contribution in [-0.4, -0.2) is 11.1 Å². The van der Waals surface area contributed by atoms with Gasteiger partial charge in [0.2, 0.25) is 0 Å². The molecular formula is C15H14ClNO2. The first-order chi connectivity index (χ1) is 9.06. The molecule has 98 valence electrons. The van der Waals surface area contributed by atoms with Crippen LogP contribution in [0.3, 0.4) is 0 Å². The van der Waals surface area contributed by atoms with Crippen molar-refractivity contribution in [3.63, 3.8) is 0 Å². The van der Waals surface area contributed by atoms with Crippen LogP contribution >= 0.6 is 11.6 Å². The van der Waals surface area contributed by atoms with Gasteiger partial charge < -0.3 is 10.4 Å². The van der Waals surface area contributed by atoms with Crippen LogP contribution in [0.15, 0.2) is 42.5 Å². The number of anilines is 1. The molecule has 2 aromatic rings. The molecule has 0 aromatic heterocycles. The number of hydrogen-bond acceptors (Lipinski definition) is 2. The number of hydrogen-bond donors (Lipinski definition) is 2. The van der Waals surface area contributed by atoms with E-state index in [4.69, 9.17) is 16.7 Å². The van der Waals surface area contributed by atoms with Gasteiger partial charge in [0.1, 0.15) is 0 Å². The summed E-state index contributed by atoms with van der Waals surface area (Å²) in [6.07, 6.45) is 0. The van der Waals surface area contributed by atoms with Crippen molar-refractivity contribution in [2.45, 2.75) is 13.5 Å². The summed E-state index contributed by atoms with van der Waals surface area (Å²) < 4.78 is 0. The summed E-state index contributed by atoms with van der Waals surface area (Å²) in [5, 5.41) is 12.9. The first-order valence-corrected chi connectivity index (χ1v) is 6.26. The second-order valence-corrected chi connectivity index (χ2v) is 4.75. The third-order valence-electron chi connectivity index (χ3n) is 2.85. The minimum atomic E-state index is -0.913. The van der Waals surface area contributed by atoms with E-state index in [0.29, 0.717) is 17.1 Å². The van der Waals surface area contributed by atoms with Crippen LogP contribution < -0.4 is 5.32 Å². The Kier molecular flexibility index (Phi) is 4.07. The molecule has 2 N–H and O–H groups in total. The Morgan fingerprint density at radius 2 is 2.05 bits per heavy atom. The average Bonchev–Trinajstić information content (AvgIpc) is 2.37. The van der Waals surface area contributed by atoms with Gasteiger partial charge in [0, 0.05) is 17.3 Å². The van der Waals surface area contributed by atoms with Gasteiger partial charge in [-0.2, -0.15) is 0 Å². The molecule has 0 amide bonds. The number of carbonyl (C=O) groups is 1. The summed E-state index contributed by atoms with van der Waals surface area (Å²) in [6, 6.07) is 12.6. The molecule has 3 nitrogen and oxygen atoms in total. The number of benzene rings is 2. The van der Waals surface area contributed by atoms with Crippen LogP contribution in [0.5, 0.6) is 0 Å². The SMILES string of the molecule is Cc1cc(C(=O)O)ccc1NCc1cccc(Cl)c1. The number of aromatic carboxylic acids is 1. The molecule has 0 radical (unpaired) electrons. The van der Waals surface area contributed by atoms with Crippen molar-refractivity contribution in [2.75, 3.05) is 5.32 Å². The number of carboxylic acids is 1. The van der Waals surface area contributed by atoms with E-state index in [1.807, 2.05) is 31.2 Å². The highest BCUT2D eigenvalue weighted by Crippen LogP contribution is 2.18. The first-order valence-electron chi connectivity index (χ1n) is 5.88. The van der Waals surface area contributed by atoms with Gasteiger partial charge in [-0.3, -0.25) is 0 Å². The monoisotopic (exact) mass is 275 g/mol. The molecule has 0 saturated heterocycles. The molecule has 0 aliphatic carbocycles. The lowest BCUT2D eigenvalue weighted by molar-refractivity contribution is 0.0697. The van der Waals surface area contributed by atoms with Crippen molar-refractivity contribution in [2.24, 2.45) is 0 Å². The Hall–Kier alpha value is -2.00. The van der Waals surface area contributed by atoms with Gasteiger partial charge in [-0.15, -0.1) is 0 Å². The molecule has 2 aromatic carbocycles. The summed E-state index contributed by atoms with van der Waals surface area (Å²) in [7, 11) is 0. The third-order valence-corrected chi connectivity index (χ3v) is 3.08. The van der Waals surface area contributed by atoms with Gasteiger partial charge in [-0.25, -0.2) is 4.79 Å². The van der Waals surface area contributed by atoms with Crippen LogP contribution in [0.1, 0.15) is 21.5 Å². The molecule has 0 bridgehead atoms. The van der Waals surface area contributed by atoms with Crippen molar-refractivity contribution in [1.82, 2.24) is 0 Å². The molecule has 0 aliphatic rings. The van der Waals surface area contributed by atoms with E-state index >= 15 is 0 Å². The highest BCUT2D eigenvalue weighted by molar-refractivity contribution is 6.30. The maximum Gasteiger partial charge on any atom is 0.335 e. The maximum absolute atomic E-state index is 10.8. The molecule has 0 saturated carbocycles. The van der Waals surface area contributed by atoms with E-state index in [-0.39, 0.29) is 0 Å². The summed E-state index contributed by atoms with van der Waals surface area (Å²) >= 11 is 5.92. The van der Waals surface area contributed by atoms with Crippen LogP contribution in [0.2, 0.25) is 5.02 Å². The minimum Gasteiger partial charge on any atom is -0.478 e. The van der Waals surface area contributed by atoms with E-state index in [9.17, 15) is 4.79 Å². The zero-order valence-electron chi connectivity index (χ0n) is 10.5. The Bertz CT molecular complexity index is 611. The van der Waals surface area contributed by atoms with Gasteiger partial charge in [0.25, 0.3) is 0 Å². The van der Waals surface area contributed by atoms with E-state index in [2.05, 4.69) is 5.32 Å². The fraction of sp³-hybridized carbons (Fsp3) is 0.133. The predicted octanol–water partition coefficient (Wildman–Crippen LogP) is 3.96. The van der Waals surface area contributed by atoms with E-state index < -0.39 is 5.97 Å². The molecule has 0 spiro atoms. The molecule has 19 heavy (non-hydrogen) atoms. The topological polar surface area (TPSA) is 49.3 Å². The largest absolute Gasteiger partial charge is 0.478 e. The first kappa shape index (κ1) is 13.4. The van der Waals surface area contributed by atoms with Gasteiger partial charge in [-0.05, 0) is 48.4 Å². The highest BCUT2D eigenvalue weighted by atomic mass is 35.5. The second-order valence-electron chi connectivity index (χ2n) is 4.32. The van der Waals surface area contributed by atoms with Crippen molar-refractivity contribution >= 4 is 23.3 Å². The maximum atomic E-state index is 10.8. The fourth-order valence-corrected chi connectivity index (χ4v) is 2.05. The molecule has 0 fully saturated rings. The number of aryl methyl sites for hydroxylation is 1. The summed E-state index contributed by atoms with van der Waals surface area (Å²) in [5.41, 5.74) is 3.20. The lowest BCUT2D eigenvalue weighted by atomic mass is 10.1. The highest BCUT2D eigenvalue weighted by Gasteiger charge is 2.05. The standard InChI is InChI=1S/C15H14ClNO2/c1-10-7-12(15(18)19)5-6-14(10)17-9-11-3-2-4-13(16)8-11/h2-8,17H,9H2,1H3,(H,18,19). The normalized spacial score (nSPS) is 10.2. The van der Waals surface area contributed by atoms with Gasteiger partial charge in [0.15, 0.2) is 0 Å². The molecule has 0 unspecified atom stereocenters. The molecule has 0 heterocycles. The summed E-state index contributed by atoms with van der Waals surface area (Å²) in [4.78, 5) is 10.8. The minimum absolute atomic E-state index is 0.297. The van der Waals surface area contributed by atoms with Gasteiger partial charge in [0.05, 0.1) is 5.56 Å². The molecule has 2 rings (SSSR count). The molecule has 4 heteroatoms. The number of nitrogens with one attached hydrogen (secondary N) is 1. The number of carboxylic acid groups (broad SMARTS) is 1. The third kappa shape index (κ3) is 3.48. The average molecular weight is 276 g/mol. The zero-order chi connectivity index (χ0) is 13.8. The fourth-order valence-electron chi connectivity index (χ4n) is 1.84. The van der Waals surface area contributed by atoms with Gasteiger partial charge in [-0.1, -0.05) is 23.7 Å². The molecule has 0 aliphatic heterocycles. The van der Waals surface area contributed by atoms with Crippen molar-refractivity contribution in [3.8, 4) is 0 Å². The van der Waals surface area contributed by atoms with Crippen molar-refractivity contribution < 1.29 is 9.90 Å². The van der Waals surface area contributed by atoms with E-state index in [1.165, 1.54) is 0 Å². The molecular weight excluding hydrogens is 262 g/mol. The lowest BCUT2D eigenvalue weighted by Crippen LogP contribution is -2.03. The van der Waals surface area contributed by atoms with Crippen LogP contribution in [-0.2, 0) is 6.54 Å².